The van der Waals surface area contributed by atoms with Crippen molar-refractivity contribution in [1.82, 2.24) is 4.98 Å². The van der Waals surface area contributed by atoms with Crippen molar-refractivity contribution in [1.29, 1.82) is 0 Å². The summed E-state index contributed by atoms with van der Waals surface area (Å²) in [6.07, 6.45) is 1.35. The van der Waals surface area contributed by atoms with Crippen molar-refractivity contribution in [2.45, 2.75) is 26.4 Å². The SMILES string of the molecule is CC(C)(C)O.O=C(O)c1ccnc(Cl)c1. The van der Waals surface area contributed by atoms with Crippen LogP contribution in [0.15, 0.2) is 18.3 Å². The van der Waals surface area contributed by atoms with Gasteiger partial charge >= 0.3 is 5.97 Å². The lowest BCUT2D eigenvalue weighted by Crippen LogP contribution is -2.10. The molecule has 1 heterocycles. The van der Waals surface area contributed by atoms with Crippen LogP contribution in [0.5, 0.6) is 0 Å². The third-order valence-corrected chi connectivity index (χ3v) is 1.18. The normalized spacial score (nSPS) is 10.2. The highest BCUT2D eigenvalue weighted by Gasteiger charge is 2.01. The van der Waals surface area contributed by atoms with E-state index in [-0.39, 0.29) is 10.7 Å². The molecule has 0 bridgehead atoms. The average Bonchev–Trinajstić information content (AvgIpc) is 2.00. The van der Waals surface area contributed by atoms with Gasteiger partial charge in [0.15, 0.2) is 0 Å². The van der Waals surface area contributed by atoms with Crippen molar-refractivity contribution in [3.63, 3.8) is 0 Å². The van der Waals surface area contributed by atoms with Gasteiger partial charge in [-0.25, -0.2) is 9.78 Å². The van der Waals surface area contributed by atoms with Crippen LogP contribution in [0.1, 0.15) is 31.1 Å². The van der Waals surface area contributed by atoms with E-state index in [4.69, 9.17) is 21.8 Å². The number of rotatable bonds is 1. The second kappa shape index (κ2) is 5.68. The van der Waals surface area contributed by atoms with E-state index in [0.29, 0.717) is 0 Å². The molecule has 0 fully saturated rings. The molecule has 0 aromatic carbocycles. The Bertz CT molecular complexity index is 328. The Hall–Kier alpha value is -1.13. The number of hydrogen-bond acceptors (Lipinski definition) is 3. The topological polar surface area (TPSA) is 70.4 Å². The first-order chi connectivity index (χ1) is 6.70. The highest BCUT2D eigenvalue weighted by atomic mass is 35.5. The lowest BCUT2D eigenvalue weighted by atomic mass is 10.2. The van der Waals surface area contributed by atoms with E-state index in [1.807, 2.05) is 0 Å². The molecule has 0 aliphatic heterocycles. The van der Waals surface area contributed by atoms with Crippen molar-refractivity contribution in [2.24, 2.45) is 0 Å². The molecule has 0 saturated carbocycles. The minimum absolute atomic E-state index is 0.153. The Kier molecular flexibility index (Phi) is 5.25. The van der Waals surface area contributed by atoms with Crippen LogP contribution in [-0.4, -0.2) is 26.8 Å². The fraction of sp³-hybridized carbons (Fsp3) is 0.400. The van der Waals surface area contributed by atoms with Crippen molar-refractivity contribution in [2.75, 3.05) is 0 Å². The van der Waals surface area contributed by atoms with E-state index in [1.54, 1.807) is 20.8 Å². The number of aromatic nitrogens is 1. The number of halogens is 1. The fourth-order valence-corrected chi connectivity index (χ4v) is 0.709. The van der Waals surface area contributed by atoms with E-state index >= 15 is 0 Å². The van der Waals surface area contributed by atoms with Gasteiger partial charge in [0.2, 0.25) is 0 Å². The smallest absolute Gasteiger partial charge is 0.335 e. The second-order valence-electron chi connectivity index (χ2n) is 3.84. The van der Waals surface area contributed by atoms with E-state index in [0.717, 1.165) is 0 Å². The molecule has 15 heavy (non-hydrogen) atoms. The lowest BCUT2D eigenvalue weighted by molar-refractivity contribution is 0.0696. The molecule has 0 atom stereocenters. The first-order valence-corrected chi connectivity index (χ1v) is 4.65. The summed E-state index contributed by atoms with van der Waals surface area (Å²) in [7, 11) is 0. The van der Waals surface area contributed by atoms with Crippen LogP contribution in [0.3, 0.4) is 0 Å². The molecule has 1 aromatic heterocycles. The average molecular weight is 232 g/mol. The molecule has 0 aliphatic carbocycles. The van der Waals surface area contributed by atoms with E-state index in [1.165, 1.54) is 18.3 Å². The number of nitrogens with zero attached hydrogens (tertiary/aromatic N) is 1. The van der Waals surface area contributed by atoms with Crippen LogP contribution in [0.25, 0.3) is 0 Å². The monoisotopic (exact) mass is 231 g/mol. The molecule has 0 spiro atoms. The maximum Gasteiger partial charge on any atom is 0.335 e. The highest BCUT2D eigenvalue weighted by Crippen LogP contribution is 2.05. The second-order valence-corrected chi connectivity index (χ2v) is 4.23. The molecule has 0 amide bonds. The van der Waals surface area contributed by atoms with Gasteiger partial charge in [-0.15, -0.1) is 0 Å². The van der Waals surface area contributed by atoms with Crippen LogP contribution in [0.2, 0.25) is 5.15 Å². The Labute approximate surface area is 93.5 Å². The third kappa shape index (κ3) is 9.18. The molecule has 0 radical (unpaired) electrons. The summed E-state index contributed by atoms with van der Waals surface area (Å²) in [5.41, 5.74) is -0.347. The van der Waals surface area contributed by atoms with Gasteiger partial charge in [-0.3, -0.25) is 0 Å². The highest BCUT2D eigenvalue weighted by molar-refractivity contribution is 6.29. The van der Waals surface area contributed by atoms with Gasteiger partial charge in [-0.05, 0) is 32.9 Å². The Balaban J connectivity index is 0.000000336. The fourth-order valence-electron chi connectivity index (χ4n) is 0.535. The number of hydrogen-bond donors (Lipinski definition) is 2. The minimum atomic E-state index is -0.996. The molecule has 1 rings (SSSR count). The molecule has 84 valence electrons. The largest absolute Gasteiger partial charge is 0.478 e. The van der Waals surface area contributed by atoms with Crippen LogP contribution in [0, 0.1) is 0 Å². The molecular weight excluding hydrogens is 218 g/mol. The number of aliphatic hydroxyl groups is 1. The van der Waals surface area contributed by atoms with E-state index < -0.39 is 11.6 Å². The Morgan fingerprint density at radius 3 is 2.20 bits per heavy atom. The van der Waals surface area contributed by atoms with E-state index in [9.17, 15) is 4.79 Å². The van der Waals surface area contributed by atoms with Crippen molar-refractivity contribution in [3.05, 3.63) is 29.0 Å². The van der Waals surface area contributed by atoms with Crippen LogP contribution in [0.4, 0.5) is 0 Å². The number of pyridine rings is 1. The predicted molar refractivity (Wildman–Crippen MR) is 58.2 cm³/mol. The number of carboxylic acids is 1. The van der Waals surface area contributed by atoms with Gasteiger partial charge in [0.25, 0.3) is 0 Å². The summed E-state index contributed by atoms with van der Waals surface area (Å²) < 4.78 is 0. The number of carboxylic acid groups (broad SMARTS) is 1. The summed E-state index contributed by atoms with van der Waals surface area (Å²) in [6, 6.07) is 2.68. The van der Waals surface area contributed by atoms with Gasteiger partial charge in [0.05, 0.1) is 11.2 Å². The molecule has 0 unspecified atom stereocenters. The van der Waals surface area contributed by atoms with Gasteiger partial charge in [-0.1, -0.05) is 11.6 Å². The van der Waals surface area contributed by atoms with Gasteiger partial charge < -0.3 is 10.2 Å². The summed E-state index contributed by atoms with van der Waals surface area (Å²) in [4.78, 5) is 13.9. The molecule has 0 saturated heterocycles. The van der Waals surface area contributed by atoms with Gasteiger partial charge in [0, 0.05) is 6.20 Å². The third-order valence-electron chi connectivity index (χ3n) is 0.974. The first kappa shape index (κ1) is 13.9. The summed E-state index contributed by atoms with van der Waals surface area (Å²) >= 11 is 5.41. The maximum absolute atomic E-state index is 10.3. The van der Waals surface area contributed by atoms with Crippen molar-refractivity contribution >= 4 is 17.6 Å². The Morgan fingerprint density at radius 1 is 1.47 bits per heavy atom. The lowest BCUT2D eigenvalue weighted by Gasteiger charge is -2.04. The number of carbonyl (C=O) groups is 1. The van der Waals surface area contributed by atoms with Crippen LogP contribution < -0.4 is 0 Å². The maximum atomic E-state index is 10.3. The van der Waals surface area contributed by atoms with Gasteiger partial charge in [-0.2, -0.15) is 0 Å². The van der Waals surface area contributed by atoms with E-state index in [2.05, 4.69) is 4.98 Å². The standard InChI is InChI=1S/C6H4ClNO2.C4H10O/c7-5-3-4(6(9)10)1-2-8-5;1-4(2,3)5/h1-3H,(H,9,10);5H,1-3H3. The number of aromatic carboxylic acids is 1. The van der Waals surface area contributed by atoms with Crippen LogP contribution in [-0.2, 0) is 0 Å². The zero-order valence-electron chi connectivity index (χ0n) is 8.86. The molecule has 4 nitrogen and oxygen atoms in total. The molecule has 0 aliphatic rings. The molecule has 5 heteroatoms. The Morgan fingerprint density at radius 2 is 1.93 bits per heavy atom. The molecular formula is C10H14ClNO3. The van der Waals surface area contributed by atoms with Gasteiger partial charge in [0.1, 0.15) is 5.15 Å². The molecule has 1 aromatic rings. The summed E-state index contributed by atoms with van der Waals surface area (Å²) in [5, 5.41) is 17.1. The zero-order chi connectivity index (χ0) is 12.1. The minimum Gasteiger partial charge on any atom is -0.478 e. The van der Waals surface area contributed by atoms with Crippen LogP contribution >= 0.6 is 11.6 Å². The van der Waals surface area contributed by atoms with Crippen molar-refractivity contribution in [3.8, 4) is 0 Å². The first-order valence-electron chi connectivity index (χ1n) is 4.27. The molecule has 2 N–H and O–H groups in total. The summed E-state index contributed by atoms with van der Waals surface area (Å²) in [6.45, 7) is 5.23. The predicted octanol–water partition coefficient (Wildman–Crippen LogP) is 2.21. The van der Waals surface area contributed by atoms with Crippen molar-refractivity contribution < 1.29 is 15.0 Å². The summed E-state index contributed by atoms with van der Waals surface area (Å²) in [5.74, 6) is -0.996. The quantitative estimate of drug-likeness (QED) is 0.727. The zero-order valence-corrected chi connectivity index (χ0v) is 9.62.